The summed E-state index contributed by atoms with van der Waals surface area (Å²) in [5, 5.41) is 6.41. The van der Waals surface area contributed by atoms with E-state index in [9.17, 15) is 4.79 Å². The van der Waals surface area contributed by atoms with Gasteiger partial charge in [-0.3, -0.25) is 0 Å². The van der Waals surface area contributed by atoms with Crippen LogP contribution in [-0.4, -0.2) is 50.1 Å². The zero-order valence-corrected chi connectivity index (χ0v) is 19.3. The highest BCUT2D eigenvalue weighted by molar-refractivity contribution is 5.89. The van der Waals surface area contributed by atoms with E-state index < -0.39 is 0 Å². The van der Waals surface area contributed by atoms with Crippen LogP contribution in [0.4, 0.5) is 11.6 Å². The summed E-state index contributed by atoms with van der Waals surface area (Å²) in [5.74, 6) is 2.06. The van der Waals surface area contributed by atoms with Crippen molar-refractivity contribution < 1.29 is 9.53 Å². The molecule has 3 aromatic heterocycles. The Balaban J connectivity index is 1.28. The molecule has 0 saturated carbocycles. The summed E-state index contributed by atoms with van der Waals surface area (Å²) in [6.07, 6.45) is 4.63. The molecule has 176 valence electrons. The first-order valence-corrected chi connectivity index (χ1v) is 11.5. The van der Waals surface area contributed by atoms with E-state index in [2.05, 4.69) is 35.6 Å². The van der Waals surface area contributed by atoms with Crippen LogP contribution in [0.3, 0.4) is 0 Å². The first-order valence-electron chi connectivity index (χ1n) is 11.5. The van der Waals surface area contributed by atoms with Gasteiger partial charge in [-0.05, 0) is 61.9 Å². The predicted octanol–water partition coefficient (Wildman–Crippen LogP) is 3.49. The first kappa shape index (κ1) is 22.5. The molecule has 0 aliphatic carbocycles. The number of aromatic nitrogens is 5. The highest BCUT2D eigenvalue weighted by Crippen LogP contribution is 2.18. The third-order valence-electron chi connectivity index (χ3n) is 5.55. The number of carbonyl (C=O) groups is 1. The lowest BCUT2D eigenvalue weighted by Gasteiger charge is -2.11. The van der Waals surface area contributed by atoms with Crippen LogP contribution in [-0.2, 0) is 11.2 Å². The number of ether oxygens (including phenoxy) is 1. The number of pyridine rings is 1. The van der Waals surface area contributed by atoms with Gasteiger partial charge in [0.25, 0.3) is 0 Å². The fourth-order valence-electron chi connectivity index (χ4n) is 3.84. The maximum atomic E-state index is 12.5. The van der Waals surface area contributed by atoms with Gasteiger partial charge in [-0.25, -0.2) is 29.7 Å². The molecule has 1 saturated heterocycles. The lowest BCUT2D eigenvalue weighted by molar-refractivity contribution is 0.0344. The van der Waals surface area contributed by atoms with Crippen molar-refractivity contribution in [3.05, 3.63) is 89.6 Å². The van der Waals surface area contributed by atoms with Gasteiger partial charge in [-0.15, -0.1) is 0 Å². The van der Waals surface area contributed by atoms with Crippen LogP contribution in [0, 0.1) is 6.92 Å². The molecule has 4 heterocycles. The third kappa shape index (κ3) is 5.82. The standard InChI is InChI=1S/C26H25N7O2/c1-17-4-2-7-21(30-17)25-29-13-10-23(33-25)31-22-9-12-28-24(32-22)15-18-5-3-6-19(14-18)26(34)35-20-8-11-27-16-20/h2-7,9-10,12-14,20,27H,8,11,15-16H2,1H3,(H,28,29,31,32,33)/t20-/m0/s1. The first-order chi connectivity index (χ1) is 17.1. The normalized spacial score (nSPS) is 15.1. The van der Waals surface area contributed by atoms with Crippen molar-refractivity contribution in [2.45, 2.75) is 25.9 Å². The molecule has 2 N–H and O–H groups in total. The zero-order chi connectivity index (χ0) is 24.0. The Kier molecular flexibility index (Phi) is 6.67. The van der Waals surface area contributed by atoms with Gasteiger partial charge < -0.3 is 15.4 Å². The summed E-state index contributed by atoms with van der Waals surface area (Å²) in [7, 11) is 0. The Morgan fingerprint density at radius 3 is 2.69 bits per heavy atom. The highest BCUT2D eigenvalue weighted by atomic mass is 16.5. The van der Waals surface area contributed by atoms with Gasteiger partial charge in [0.15, 0.2) is 5.82 Å². The molecule has 0 radical (unpaired) electrons. The molecule has 0 amide bonds. The fraction of sp³-hybridized carbons (Fsp3) is 0.231. The lowest BCUT2D eigenvalue weighted by Crippen LogP contribution is -2.20. The van der Waals surface area contributed by atoms with E-state index in [4.69, 9.17) is 4.74 Å². The quantitative estimate of drug-likeness (QED) is 0.394. The number of carbonyl (C=O) groups excluding carboxylic acids is 1. The van der Waals surface area contributed by atoms with E-state index in [1.165, 1.54) is 0 Å². The predicted molar refractivity (Wildman–Crippen MR) is 131 cm³/mol. The average molecular weight is 468 g/mol. The smallest absolute Gasteiger partial charge is 0.338 e. The van der Waals surface area contributed by atoms with Gasteiger partial charge >= 0.3 is 5.97 Å². The van der Waals surface area contributed by atoms with Crippen molar-refractivity contribution in [1.82, 2.24) is 30.2 Å². The third-order valence-corrected chi connectivity index (χ3v) is 5.55. The molecule has 0 bridgehead atoms. The molecule has 1 aromatic carbocycles. The molecule has 1 aliphatic heterocycles. The molecule has 1 fully saturated rings. The summed E-state index contributed by atoms with van der Waals surface area (Å²) in [6.45, 7) is 3.51. The molecule has 35 heavy (non-hydrogen) atoms. The van der Waals surface area contributed by atoms with Gasteiger partial charge in [0.2, 0.25) is 0 Å². The van der Waals surface area contributed by atoms with Gasteiger partial charge in [0.1, 0.15) is 29.3 Å². The second kappa shape index (κ2) is 10.4. The van der Waals surface area contributed by atoms with E-state index in [1.807, 2.05) is 43.3 Å². The van der Waals surface area contributed by atoms with Crippen LogP contribution in [0.5, 0.6) is 0 Å². The van der Waals surface area contributed by atoms with Crippen molar-refractivity contribution in [3.8, 4) is 11.5 Å². The molecule has 1 atom stereocenters. The van der Waals surface area contributed by atoms with E-state index in [0.29, 0.717) is 47.5 Å². The molecular weight excluding hydrogens is 442 g/mol. The van der Waals surface area contributed by atoms with Crippen LogP contribution >= 0.6 is 0 Å². The van der Waals surface area contributed by atoms with Gasteiger partial charge in [0.05, 0.1) is 5.56 Å². The Bertz CT molecular complexity index is 1340. The van der Waals surface area contributed by atoms with Crippen molar-refractivity contribution >= 4 is 17.6 Å². The monoisotopic (exact) mass is 467 g/mol. The number of esters is 1. The fourth-order valence-corrected chi connectivity index (χ4v) is 3.84. The molecular formula is C26H25N7O2. The second-order valence-corrected chi connectivity index (χ2v) is 8.31. The van der Waals surface area contributed by atoms with Crippen molar-refractivity contribution in [3.63, 3.8) is 0 Å². The minimum Gasteiger partial charge on any atom is -0.457 e. The van der Waals surface area contributed by atoms with Crippen molar-refractivity contribution in [2.24, 2.45) is 0 Å². The van der Waals surface area contributed by atoms with Crippen LogP contribution < -0.4 is 10.6 Å². The summed E-state index contributed by atoms with van der Waals surface area (Å²) in [5.41, 5.74) is 3.07. The van der Waals surface area contributed by atoms with Gasteiger partial charge in [-0.1, -0.05) is 18.2 Å². The van der Waals surface area contributed by atoms with E-state index in [-0.39, 0.29) is 12.1 Å². The minimum absolute atomic E-state index is 0.0683. The lowest BCUT2D eigenvalue weighted by atomic mass is 10.1. The molecule has 9 nitrogen and oxygen atoms in total. The minimum atomic E-state index is -0.306. The van der Waals surface area contributed by atoms with Crippen molar-refractivity contribution in [1.29, 1.82) is 0 Å². The molecule has 0 unspecified atom stereocenters. The van der Waals surface area contributed by atoms with Crippen LogP contribution in [0.1, 0.15) is 33.9 Å². The van der Waals surface area contributed by atoms with Gasteiger partial charge in [-0.2, -0.15) is 0 Å². The Hall–Kier alpha value is -4.24. The number of nitrogens with one attached hydrogen (secondary N) is 2. The molecule has 0 spiro atoms. The Morgan fingerprint density at radius 2 is 1.86 bits per heavy atom. The summed E-state index contributed by atoms with van der Waals surface area (Å²) in [6, 6.07) is 16.7. The summed E-state index contributed by atoms with van der Waals surface area (Å²) < 4.78 is 5.58. The SMILES string of the molecule is Cc1cccc(-c2nccc(Nc3ccnc(Cc4cccc(C(=O)O[C@H]5CCNC5)c4)n3)n2)n1. The van der Waals surface area contributed by atoms with E-state index in [1.54, 1.807) is 30.6 Å². The zero-order valence-electron chi connectivity index (χ0n) is 19.3. The number of aryl methyl sites for hydroxylation is 1. The number of hydrogen-bond acceptors (Lipinski definition) is 9. The summed E-state index contributed by atoms with van der Waals surface area (Å²) in [4.78, 5) is 34.9. The van der Waals surface area contributed by atoms with Crippen LogP contribution in [0.2, 0.25) is 0 Å². The van der Waals surface area contributed by atoms with Crippen molar-refractivity contribution in [2.75, 3.05) is 18.4 Å². The van der Waals surface area contributed by atoms with Gasteiger partial charge in [0, 0.05) is 31.1 Å². The topological polar surface area (TPSA) is 115 Å². The molecule has 1 aliphatic rings. The summed E-state index contributed by atoms with van der Waals surface area (Å²) >= 11 is 0. The average Bonchev–Trinajstić information content (AvgIpc) is 3.38. The maximum absolute atomic E-state index is 12.5. The number of hydrogen-bond donors (Lipinski definition) is 2. The largest absolute Gasteiger partial charge is 0.457 e. The number of rotatable bonds is 7. The number of nitrogens with zero attached hydrogens (tertiary/aromatic N) is 5. The Labute approximate surface area is 203 Å². The second-order valence-electron chi connectivity index (χ2n) is 8.31. The highest BCUT2D eigenvalue weighted by Gasteiger charge is 2.20. The molecule has 9 heteroatoms. The van der Waals surface area contributed by atoms with Crippen LogP contribution in [0.15, 0.2) is 67.0 Å². The van der Waals surface area contributed by atoms with E-state index in [0.717, 1.165) is 24.2 Å². The molecule has 4 aromatic rings. The number of anilines is 2. The molecule has 5 rings (SSSR count). The van der Waals surface area contributed by atoms with Crippen LogP contribution in [0.25, 0.3) is 11.5 Å². The Morgan fingerprint density at radius 1 is 1.03 bits per heavy atom. The maximum Gasteiger partial charge on any atom is 0.338 e. The number of benzene rings is 1. The van der Waals surface area contributed by atoms with E-state index >= 15 is 0 Å².